The number of rotatable bonds is 1. The molecule has 0 aliphatic heterocycles. The third-order valence-electron chi connectivity index (χ3n) is 2.89. The van der Waals surface area contributed by atoms with Crippen LogP contribution in [0.1, 0.15) is 11.1 Å². The van der Waals surface area contributed by atoms with Gasteiger partial charge in [-0.1, -0.05) is 23.8 Å². The second-order valence-corrected chi connectivity index (χ2v) is 5.09. The molecule has 0 fully saturated rings. The maximum atomic E-state index is 5.72. The summed E-state index contributed by atoms with van der Waals surface area (Å²) in [4.78, 5) is 5.21. The monoisotopic (exact) mass is 243 g/mol. The van der Waals surface area contributed by atoms with Crippen molar-refractivity contribution in [2.24, 2.45) is 0 Å². The van der Waals surface area contributed by atoms with Gasteiger partial charge in [0.05, 0.1) is 11.9 Å². The second-order valence-electron chi connectivity index (χ2n) is 4.26. The average molecular weight is 243 g/mol. The Morgan fingerprint density at radius 1 is 1.29 bits per heavy atom. The van der Waals surface area contributed by atoms with Crippen LogP contribution in [0.4, 0.5) is 5.82 Å². The number of hydrogen-bond donors (Lipinski definition) is 1. The lowest BCUT2D eigenvalue weighted by atomic mass is 10.0. The van der Waals surface area contributed by atoms with E-state index in [1.165, 1.54) is 16.7 Å². The van der Waals surface area contributed by atoms with E-state index in [1.54, 1.807) is 11.3 Å². The minimum Gasteiger partial charge on any atom is -0.382 e. The number of nitrogens with zero attached hydrogens (tertiary/aromatic N) is 2. The molecule has 0 aliphatic rings. The van der Waals surface area contributed by atoms with Gasteiger partial charge in [0, 0.05) is 10.9 Å². The molecule has 0 saturated carbocycles. The summed E-state index contributed by atoms with van der Waals surface area (Å²) in [5, 5.41) is 2.12. The Morgan fingerprint density at radius 3 is 2.88 bits per heavy atom. The maximum absolute atomic E-state index is 5.72. The number of fused-ring (bicyclic) bond motifs is 1. The summed E-state index contributed by atoms with van der Waals surface area (Å²) >= 11 is 1.61. The predicted molar refractivity (Wildman–Crippen MR) is 72.4 cm³/mol. The molecule has 0 atom stereocenters. The molecule has 0 radical (unpaired) electrons. The largest absolute Gasteiger partial charge is 0.382 e. The summed E-state index contributed by atoms with van der Waals surface area (Å²) in [6.07, 6.45) is 1.88. The van der Waals surface area contributed by atoms with Gasteiger partial charge in [-0.2, -0.15) is 0 Å². The van der Waals surface area contributed by atoms with Gasteiger partial charge < -0.3 is 5.73 Å². The fourth-order valence-corrected chi connectivity index (χ4v) is 2.98. The van der Waals surface area contributed by atoms with Crippen LogP contribution in [0.25, 0.3) is 16.2 Å². The first-order valence-electron chi connectivity index (χ1n) is 5.45. The maximum Gasteiger partial charge on any atom is 0.196 e. The van der Waals surface area contributed by atoms with E-state index < -0.39 is 0 Å². The molecule has 2 aromatic heterocycles. The van der Waals surface area contributed by atoms with Gasteiger partial charge in [-0.05, 0) is 19.4 Å². The minimum absolute atomic E-state index is 0.572. The predicted octanol–water partition coefficient (Wildman–Crippen LogP) is 3.26. The molecule has 0 spiro atoms. The first kappa shape index (κ1) is 10.4. The number of nitrogens with two attached hydrogens (primary N) is 1. The summed E-state index contributed by atoms with van der Waals surface area (Å²) in [7, 11) is 0. The topological polar surface area (TPSA) is 43.3 Å². The lowest BCUT2D eigenvalue weighted by Gasteiger charge is -2.05. The Kier molecular flexibility index (Phi) is 2.19. The van der Waals surface area contributed by atoms with Crippen LogP contribution in [0.3, 0.4) is 0 Å². The summed E-state index contributed by atoms with van der Waals surface area (Å²) in [5.41, 5.74) is 10.7. The van der Waals surface area contributed by atoms with E-state index in [2.05, 4.69) is 46.8 Å². The van der Waals surface area contributed by atoms with Crippen LogP contribution in [-0.2, 0) is 0 Å². The molecule has 0 aliphatic carbocycles. The molecule has 86 valence electrons. The van der Waals surface area contributed by atoms with Crippen LogP contribution >= 0.6 is 11.3 Å². The Bertz CT molecular complexity index is 694. The molecule has 2 heterocycles. The first-order valence-corrected chi connectivity index (χ1v) is 6.33. The summed E-state index contributed by atoms with van der Waals surface area (Å²) in [6, 6.07) is 6.48. The lowest BCUT2D eigenvalue weighted by molar-refractivity contribution is 1.22. The molecule has 4 heteroatoms. The third kappa shape index (κ3) is 1.61. The van der Waals surface area contributed by atoms with Gasteiger partial charge in [0.2, 0.25) is 0 Å². The first-order chi connectivity index (χ1) is 8.15. The van der Waals surface area contributed by atoms with Gasteiger partial charge >= 0.3 is 0 Å². The number of anilines is 1. The van der Waals surface area contributed by atoms with Crippen molar-refractivity contribution >= 4 is 22.1 Å². The molecule has 0 amide bonds. The zero-order valence-electron chi connectivity index (χ0n) is 9.77. The summed E-state index contributed by atoms with van der Waals surface area (Å²) < 4.78 is 2.05. The minimum atomic E-state index is 0.572. The number of nitrogen functional groups attached to an aromatic ring is 1. The average Bonchev–Trinajstić information content (AvgIpc) is 2.78. The van der Waals surface area contributed by atoms with Gasteiger partial charge in [0.15, 0.2) is 4.96 Å². The van der Waals surface area contributed by atoms with Crippen molar-refractivity contribution in [3.05, 3.63) is 40.9 Å². The van der Waals surface area contributed by atoms with Gasteiger partial charge in [0.25, 0.3) is 0 Å². The van der Waals surface area contributed by atoms with Crippen molar-refractivity contribution in [1.29, 1.82) is 0 Å². The van der Waals surface area contributed by atoms with Crippen molar-refractivity contribution in [2.75, 3.05) is 5.73 Å². The molecule has 3 rings (SSSR count). The van der Waals surface area contributed by atoms with Crippen molar-refractivity contribution in [2.45, 2.75) is 13.8 Å². The van der Waals surface area contributed by atoms with Crippen molar-refractivity contribution in [3.8, 4) is 11.3 Å². The molecule has 0 saturated heterocycles. The smallest absolute Gasteiger partial charge is 0.196 e. The summed E-state index contributed by atoms with van der Waals surface area (Å²) in [6.45, 7) is 4.24. The molecule has 3 aromatic rings. The van der Waals surface area contributed by atoms with E-state index in [1.807, 2.05) is 6.20 Å². The number of benzene rings is 1. The summed E-state index contributed by atoms with van der Waals surface area (Å²) in [5.74, 6) is 0.572. The standard InChI is InChI=1S/C13H13N3S/c1-8-3-4-10(9(2)5-8)11-7-17-13-15-12(14)6-16(11)13/h3-7H,14H2,1-2H3. The van der Waals surface area contributed by atoms with Gasteiger partial charge in [-0.15, -0.1) is 11.3 Å². The highest BCUT2D eigenvalue weighted by molar-refractivity contribution is 7.15. The van der Waals surface area contributed by atoms with Crippen molar-refractivity contribution in [1.82, 2.24) is 9.38 Å². The van der Waals surface area contributed by atoms with Crippen LogP contribution in [-0.4, -0.2) is 9.38 Å². The highest BCUT2D eigenvalue weighted by Crippen LogP contribution is 2.29. The van der Waals surface area contributed by atoms with Crippen LogP contribution < -0.4 is 5.73 Å². The number of imidazole rings is 1. The molecule has 1 aromatic carbocycles. The van der Waals surface area contributed by atoms with E-state index in [0.29, 0.717) is 5.82 Å². The van der Waals surface area contributed by atoms with Crippen LogP contribution in [0, 0.1) is 13.8 Å². The van der Waals surface area contributed by atoms with Crippen molar-refractivity contribution < 1.29 is 0 Å². The zero-order valence-corrected chi connectivity index (χ0v) is 10.6. The van der Waals surface area contributed by atoms with Crippen LogP contribution in [0.5, 0.6) is 0 Å². The van der Waals surface area contributed by atoms with Gasteiger partial charge in [-0.3, -0.25) is 4.40 Å². The Morgan fingerprint density at radius 2 is 2.12 bits per heavy atom. The zero-order chi connectivity index (χ0) is 12.0. The van der Waals surface area contributed by atoms with E-state index >= 15 is 0 Å². The molecular weight excluding hydrogens is 230 g/mol. The normalized spacial score (nSPS) is 11.2. The van der Waals surface area contributed by atoms with E-state index in [9.17, 15) is 0 Å². The Balaban J connectivity index is 2.26. The van der Waals surface area contributed by atoms with Crippen molar-refractivity contribution in [3.63, 3.8) is 0 Å². The highest BCUT2D eigenvalue weighted by Gasteiger charge is 2.10. The number of aryl methyl sites for hydroxylation is 2. The van der Waals surface area contributed by atoms with E-state index in [0.717, 1.165) is 10.7 Å². The quantitative estimate of drug-likeness (QED) is 0.713. The van der Waals surface area contributed by atoms with E-state index in [-0.39, 0.29) is 0 Å². The molecule has 2 N–H and O–H groups in total. The third-order valence-corrected chi connectivity index (χ3v) is 3.73. The molecular formula is C13H13N3S. The number of hydrogen-bond acceptors (Lipinski definition) is 3. The molecule has 0 bridgehead atoms. The molecule has 17 heavy (non-hydrogen) atoms. The van der Waals surface area contributed by atoms with Gasteiger partial charge in [-0.25, -0.2) is 4.98 Å². The van der Waals surface area contributed by atoms with Crippen LogP contribution in [0.2, 0.25) is 0 Å². The molecule has 0 unspecified atom stereocenters. The fraction of sp³-hybridized carbons (Fsp3) is 0.154. The Hall–Kier alpha value is -1.81. The number of thiazole rings is 1. The highest BCUT2D eigenvalue weighted by atomic mass is 32.1. The van der Waals surface area contributed by atoms with Crippen LogP contribution in [0.15, 0.2) is 29.8 Å². The van der Waals surface area contributed by atoms with E-state index in [4.69, 9.17) is 5.73 Å². The fourth-order valence-electron chi connectivity index (χ4n) is 2.10. The lowest BCUT2D eigenvalue weighted by Crippen LogP contribution is -1.88. The number of aromatic nitrogens is 2. The van der Waals surface area contributed by atoms with Gasteiger partial charge in [0.1, 0.15) is 5.82 Å². The molecule has 3 nitrogen and oxygen atoms in total. The SMILES string of the molecule is Cc1ccc(-c2csc3nc(N)cn23)c(C)c1. The second kappa shape index (κ2) is 3.60. The Labute approximate surface area is 104 Å².